The van der Waals surface area contributed by atoms with Crippen molar-refractivity contribution in [3.05, 3.63) is 41.7 Å². The van der Waals surface area contributed by atoms with Crippen LogP contribution in [-0.4, -0.2) is 12.6 Å². The Morgan fingerprint density at radius 2 is 2.15 bits per heavy atom. The molecule has 0 N–H and O–H groups in total. The van der Waals surface area contributed by atoms with Crippen molar-refractivity contribution in [3.63, 3.8) is 0 Å². The third kappa shape index (κ3) is 3.10. The fourth-order valence-electron chi connectivity index (χ4n) is 2.11. The molecule has 1 aromatic heterocycles. The van der Waals surface area contributed by atoms with Gasteiger partial charge in [-0.3, -0.25) is 4.79 Å². The zero-order chi connectivity index (χ0) is 14.5. The summed E-state index contributed by atoms with van der Waals surface area (Å²) in [6.07, 6.45) is 4.55. The number of hydrogen-bond acceptors (Lipinski definition) is 3. The Morgan fingerprint density at radius 3 is 2.85 bits per heavy atom. The van der Waals surface area contributed by atoms with E-state index < -0.39 is 0 Å². The van der Waals surface area contributed by atoms with E-state index in [1.807, 2.05) is 57.2 Å². The fourth-order valence-corrected chi connectivity index (χ4v) is 2.11. The summed E-state index contributed by atoms with van der Waals surface area (Å²) >= 11 is 0. The predicted octanol–water partition coefficient (Wildman–Crippen LogP) is 4.34. The van der Waals surface area contributed by atoms with E-state index in [1.54, 1.807) is 0 Å². The van der Waals surface area contributed by atoms with Gasteiger partial charge in [-0.05, 0) is 32.4 Å². The number of benzene rings is 1. The molecule has 1 heterocycles. The van der Waals surface area contributed by atoms with Crippen molar-refractivity contribution in [2.24, 2.45) is 5.92 Å². The summed E-state index contributed by atoms with van der Waals surface area (Å²) in [7, 11) is 0. The van der Waals surface area contributed by atoms with Crippen molar-refractivity contribution in [2.75, 3.05) is 6.61 Å². The van der Waals surface area contributed by atoms with Crippen LogP contribution >= 0.6 is 0 Å². The Hall–Kier alpha value is -2.03. The lowest BCUT2D eigenvalue weighted by Crippen LogP contribution is -2.13. The fraction of sp³-hybridized carbons (Fsp3) is 0.353. The second-order valence-electron chi connectivity index (χ2n) is 4.88. The van der Waals surface area contributed by atoms with E-state index in [9.17, 15) is 4.79 Å². The first kappa shape index (κ1) is 14.4. The van der Waals surface area contributed by atoms with E-state index in [0.717, 1.165) is 22.3 Å². The molecule has 20 heavy (non-hydrogen) atoms. The minimum absolute atomic E-state index is 0.129. The summed E-state index contributed by atoms with van der Waals surface area (Å²) < 4.78 is 10.8. The first-order valence-electron chi connectivity index (χ1n) is 6.94. The molecular weight excluding hydrogens is 252 g/mol. The van der Waals surface area contributed by atoms with Crippen molar-refractivity contribution < 1.29 is 13.9 Å². The van der Waals surface area contributed by atoms with E-state index >= 15 is 0 Å². The highest BCUT2D eigenvalue weighted by molar-refractivity contribution is 5.84. The molecule has 0 bridgehead atoms. The Balaban J connectivity index is 2.06. The van der Waals surface area contributed by atoms with Gasteiger partial charge in [0.05, 0.1) is 12.5 Å². The van der Waals surface area contributed by atoms with E-state index in [1.165, 1.54) is 0 Å². The van der Waals surface area contributed by atoms with E-state index in [-0.39, 0.29) is 11.9 Å². The van der Waals surface area contributed by atoms with E-state index in [0.29, 0.717) is 13.0 Å². The first-order valence-corrected chi connectivity index (χ1v) is 6.94. The zero-order valence-corrected chi connectivity index (χ0v) is 12.2. The number of para-hydroxylation sites is 1. The second-order valence-corrected chi connectivity index (χ2v) is 4.88. The Labute approximate surface area is 119 Å². The van der Waals surface area contributed by atoms with Crippen LogP contribution in [0.15, 0.2) is 34.8 Å². The molecule has 0 aliphatic rings. The van der Waals surface area contributed by atoms with Crippen LogP contribution in [0.1, 0.15) is 31.6 Å². The number of hydrogen-bond donors (Lipinski definition) is 0. The minimum atomic E-state index is -0.154. The highest BCUT2D eigenvalue weighted by Crippen LogP contribution is 2.26. The summed E-state index contributed by atoms with van der Waals surface area (Å²) in [6, 6.07) is 7.97. The molecule has 0 saturated carbocycles. The number of furan rings is 1. The number of ether oxygens (including phenoxy) is 1. The maximum Gasteiger partial charge on any atom is 0.308 e. The molecule has 0 aliphatic carbocycles. The topological polar surface area (TPSA) is 39.4 Å². The molecule has 3 heteroatoms. The van der Waals surface area contributed by atoms with Crippen LogP contribution in [0.25, 0.3) is 17.0 Å². The summed E-state index contributed by atoms with van der Waals surface area (Å²) in [5.41, 5.74) is 2.02. The van der Waals surface area contributed by atoms with Gasteiger partial charge in [-0.1, -0.05) is 31.2 Å². The number of fused-ring (bicyclic) bond motifs is 1. The van der Waals surface area contributed by atoms with Crippen LogP contribution in [0.5, 0.6) is 0 Å². The Bertz CT molecular complexity index is 622. The summed E-state index contributed by atoms with van der Waals surface area (Å²) in [5, 5.41) is 1.13. The molecule has 0 aliphatic heterocycles. The zero-order valence-electron chi connectivity index (χ0n) is 12.2. The van der Waals surface area contributed by atoms with Crippen LogP contribution in [0.4, 0.5) is 0 Å². The van der Waals surface area contributed by atoms with Gasteiger partial charge in [0.15, 0.2) is 0 Å². The maximum absolute atomic E-state index is 11.5. The molecular formula is C17H20O3. The van der Waals surface area contributed by atoms with Crippen molar-refractivity contribution in [3.8, 4) is 0 Å². The molecule has 0 saturated heterocycles. The summed E-state index contributed by atoms with van der Waals surface area (Å²) in [4.78, 5) is 11.5. The van der Waals surface area contributed by atoms with Gasteiger partial charge in [0, 0.05) is 10.9 Å². The number of aryl methyl sites for hydroxylation is 1. The molecule has 0 radical (unpaired) electrons. The third-order valence-electron chi connectivity index (χ3n) is 3.33. The Kier molecular flexibility index (Phi) is 4.61. The number of carbonyl (C=O) groups is 1. The predicted molar refractivity (Wildman–Crippen MR) is 80.4 cm³/mol. The van der Waals surface area contributed by atoms with Crippen LogP contribution in [0.3, 0.4) is 0 Å². The van der Waals surface area contributed by atoms with Crippen molar-refractivity contribution in [1.29, 1.82) is 0 Å². The molecule has 0 fully saturated rings. The lowest BCUT2D eigenvalue weighted by molar-refractivity contribution is -0.147. The smallest absolute Gasteiger partial charge is 0.308 e. The average molecular weight is 272 g/mol. The third-order valence-corrected chi connectivity index (χ3v) is 3.33. The lowest BCUT2D eigenvalue weighted by atomic mass is 10.1. The highest BCUT2D eigenvalue weighted by atomic mass is 16.5. The van der Waals surface area contributed by atoms with Gasteiger partial charge >= 0.3 is 5.97 Å². The largest absolute Gasteiger partial charge is 0.466 e. The number of allylic oxidation sites excluding steroid dienone is 1. The van der Waals surface area contributed by atoms with Crippen LogP contribution < -0.4 is 0 Å². The maximum atomic E-state index is 11.5. The standard InChI is InChI=1S/C17H20O3/c1-4-19-17(18)12(2)8-7-11-15-13(3)14-9-5-6-10-16(14)20-15/h5-7,9-12H,4,8H2,1-3H3/b11-7+. The minimum Gasteiger partial charge on any atom is -0.466 e. The molecule has 1 atom stereocenters. The van der Waals surface area contributed by atoms with Crippen LogP contribution in [-0.2, 0) is 9.53 Å². The van der Waals surface area contributed by atoms with Crippen molar-refractivity contribution >= 4 is 23.0 Å². The van der Waals surface area contributed by atoms with Gasteiger partial charge < -0.3 is 9.15 Å². The quantitative estimate of drug-likeness (QED) is 0.760. The Morgan fingerprint density at radius 1 is 1.40 bits per heavy atom. The lowest BCUT2D eigenvalue weighted by Gasteiger charge is -2.06. The van der Waals surface area contributed by atoms with Crippen LogP contribution in [0.2, 0.25) is 0 Å². The van der Waals surface area contributed by atoms with Gasteiger partial charge in [0.25, 0.3) is 0 Å². The van der Waals surface area contributed by atoms with Crippen molar-refractivity contribution in [1.82, 2.24) is 0 Å². The molecule has 2 rings (SSSR count). The summed E-state index contributed by atoms with van der Waals surface area (Å²) in [6.45, 7) is 6.15. The monoisotopic (exact) mass is 272 g/mol. The normalized spacial score (nSPS) is 12.9. The molecule has 3 nitrogen and oxygen atoms in total. The average Bonchev–Trinajstić information content (AvgIpc) is 2.76. The molecule has 0 spiro atoms. The van der Waals surface area contributed by atoms with Gasteiger partial charge in [-0.2, -0.15) is 0 Å². The number of carbonyl (C=O) groups excluding carboxylic acids is 1. The molecule has 1 unspecified atom stereocenters. The highest BCUT2D eigenvalue weighted by Gasteiger charge is 2.12. The molecule has 106 valence electrons. The van der Waals surface area contributed by atoms with Gasteiger partial charge in [-0.15, -0.1) is 0 Å². The molecule has 0 amide bonds. The van der Waals surface area contributed by atoms with Crippen LogP contribution in [0, 0.1) is 12.8 Å². The van der Waals surface area contributed by atoms with Crippen molar-refractivity contribution in [2.45, 2.75) is 27.2 Å². The van der Waals surface area contributed by atoms with Gasteiger partial charge in [-0.25, -0.2) is 0 Å². The second kappa shape index (κ2) is 6.42. The molecule has 2 aromatic rings. The van der Waals surface area contributed by atoms with Gasteiger partial charge in [0.2, 0.25) is 0 Å². The van der Waals surface area contributed by atoms with E-state index in [2.05, 4.69) is 0 Å². The first-order chi connectivity index (χ1) is 9.63. The molecule has 1 aromatic carbocycles. The number of esters is 1. The summed E-state index contributed by atoms with van der Waals surface area (Å²) in [5.74, 6) is 0.566. The van der Waals surface area contributed by atoms with Gasteiger partial charge in [0.1, 0.15) is 11.3 Å². The van der Waals surface area contributed by atoms with E-state index in [4.69, 9.17) is 9.15 Å². The SMILES string of the molecule is CCOC(=O)C(C)C/C=C/c1oc2ccccc2c1C. The number of rotatable bonds is 5.